The number of nitro groups is 1. The predicted molar refractivity (Wildman–Crippen MR) is 116 cm³/mol. The number of nitro benzene ring substituents is 1. The van der Waals surface area contributed by atoms with E-state index in [2.05, 4.69) is 21.3 Å². The van der Waals surface area contributed by atoms with Gasteiger partial charge in [0.1, 0.15) is 5.69 Å². The lowest BCUT2D eigenvalue weighted by Gasteiger charge is -2.11. The summed E-state index contributed by atoms with van der Waals surface area (Å²) in [6.07, 6.45) is 1.89. The summed E-state index contributed by atoms with van der Waals surface area (Å²) >= 11 is 0. The second kappa shape index (κ2) is 8.46. The van der Waals surface area contributed by atoms with E-state index >= 15 is 0 Å². The van der Waals surface area contributed by atoms with Crippen LogP contribution in [0.2, 0.25) is 0 Å². The van der Waals surface area contributed by atoms with Gasteiger partial charge in [0, 0.05) is 29.6 Å². The second-order valence-corrected chi connectivity index (χ2v) is 7.33. The Hall–Kier alpha value is -4.28. The Kier molecular flexibility index (Phi) is 5.54. The van der Waals surface area contributed by atoms with Crippen LogP contribution in [0.1, 0.15) is 40.6 Å². The molecule has 11 heteroatoms. The SMILES string of the molecule is CCn1nc(C(=O)NNC(=O)c2ccc(NC3CC3)c([N+](=O)[O-])c2)c2ccccc2c1=O. The van der Waals surface area contributed by atoms with E-state index in [-0.39, 0.29) is 35.1 Å². The molecule has 11 nitrogen and oxygen atoms in total. The van der Waals surface area contributed by atoms with E-state index < -0.39 is 16.7 Å². The van der Waals surface area contributed by atoms with Crippen LogP contribution >= 0.6 is 0 Å². The maximum atomic E-state index is 12.7. The van der Waals surface area contributed by atoms with Crippen LogP contribution in [0.25, 0.3) is 10.8 Å². The molecule has 0 spiro atoms. The molecule has 0 unspecified atom stereocenters. The second-order valence-electron chi connectivity index (χ2n) is 7.33. The third-order valence-corrected chi connectivity index (χ3v) is 5.07. The highest BCUT2D eigenvalue weighted by molar-refractivity contribution is 6.06. The first-order valence-electron chi connectivity index (χ1n) is 10.0. The molecule has 1 aromatic heterocycles. The lowest BCUT2D eigenvalue weighted by Crippen LogP contribution is -2.42. The summed E-state index contributed by atoms with van der Waals surface area (Å²) in [7, 11) is 0. The maximum absolute atomic E-state index is 12.7. The first-order chi connectivity index (χ1) is 15.4. The Labute approximate surface area is 181 Å². The summed E-state index contributed by atoms with van der Waals surface area (Å²) in [6, 6.07) is 10.8. The number of anilines is 1. The van der Waals surface area contributed by atoms with Gasteiger partial charge in [-0.05, 0) is 38.0 Å². The van der Waals surface area contributed by atoms with Gasteiger partial charge in [0.2, 0.25) is 0 Å². The van der Waals surface area contributed by atoms with Crippen LogP contribution in [0.15, 0.2) is 47.3 Å². The highest BCUT2D eigenvalue weighted by Gasteiger charge is 2.26. The summed E-state index contributed by atoms with van der Waals surface area (Å²) in [5, 5.41) is 19.2. The minimum atomic E-state index is -0.729. The maximum Gasteiger partial charge on any atom is 0.293 e. The molecule has 0 aliphatic heterocycles. The van der Waals surface area contributed by atoms with E-state index in [1.165, 1.54) is 12.1 Å². The zero-order valence-electron chi connectivity index (χ0n) is 17.1. The van der Waals surface area contributed by atoms with Gasteiger partial charge in [-0.1, -0.05) is 18.2 Å². The highest BCUT2D eigenvalue weighted by Crippen LogP contribution is 2.31. The minimum absolute atomic E-state index is 0.00897. The van der Waals surface area contributed by atoms with Gasteiger partial charge in [0.05, 0.1) is 10.3 Å². The van der Waals surface area contributed by atoms with E-state index in [0.29, 0.717) is 16.5 Å². The number of nitrogens with zero attached hydrogens (tertiary/aromatic N) is 3. The van der Waals surface area contributed by atoms with Crippen LogP contribution < -0.4 is 21.7 Å². The molecule has 1 saturated carbocycles. The van der Waals surface area contributed by atoms with Gasteiger partial charge in [0.15, 0.2) is 5.69 Å². The predicted octanol–water partition coefficient (Wildman–Crippen LogP) is 1.97. The summed E-state index contributed by atoms with van der Waals surface area (Å²) in [4.78, 5) is 48.4. The van der Waals surface area contributed by atoms with E-state index in [9.17, 15) is 24.5 Å². The fourth-order valence-corrected chi connectivity index (χ4v) is 3.26. The number of benzene rings is 2. The first-order valence-corrected chi connectivity index (χ1v) is 10.0. The number of nitrogens with one attached hydrogen (secondary N) is 3. The zero-order valence-corrected chi connectivity index (χ0v) is 17.1. The highest BCUT2D eigenvalue weighted by atomic mass is 16.6. The van der Waals surface area contributed by atoms with Crippen molar-refractivity contribution in [2.75, 3.05) is 5.32 Å². The molecule has 0 radical (unpaired) electrons. The number of amides is 2. The largest absolute Gasteiger partial charge is 0.377 e. The van der Waals surface area contributed by atoms with E-state index in [4.69, 9.17) is 0 Å². The van der Waals surface area contributed by atoms with Crippen LogP contribution in [-0.2, 0) is 6.54 Å². The summed E-state index contributed by atoms with van der Waals surface area (Å²) in [5.41, 5.74) is 4.28. The van der Waals surface area contributed by atoms with Gasteiger partial charge in [-0.25, -0.2) is 4.68 Å². The Morgan fingerprint density at radius 3 is 2.47 bits per heavy atom. The molecule has 1 aliphatic carbocycles. The average molecular weight is 436 g/mol. The van der Waals surface area contributed by atoms with Crippen molar-refractivity contribution in [2.45, 2.75) is 32.4 Å². The van der Waals surface area contributed by atoms with Gasteiger partial charge in [-0.3, -0.25) is 35.3 Å². The molecule has 0 atom stereocenters. The Morgan fingerprint density at radius 1 is 1.12 bits per heavy atom. The van der Waals surface area contributed by atoms with Crippen LogP contribution in [0.5, 0.6) is 0 Å². The van der Waals surface area contributed by atoms with Crippen molar-refractivity contribution in [1.29, 1.82) is 0 Å². The number of aromatic nitrogens is 2. The Morgan fingerprint density at radius 2 is 1.81 bits per heavy atom. The molecule has 3 N–H and O–H groups in total. The molecule has 2 amide bonds. The normalized spacial score (nSPS) is 12.9. The quantitative estimate of drug-likeness (QED) is 0.395. The standard InChI is InChI=1S/C21H20N6O5/c1-2-26-21(30)15-6-4-3-5-14(15)18(25-26)20(29)24-23-19(28)12-7-10-16(22-13-8-9-13)17(11-12)27(31)32/h3-7,10-11,13,22H,2,8-9H2,1H3,(H,23,28)(H,24,29). The topological polar surface area (TPSA) is 148 Å². The zero-order chi connectivity index (χ0) is 22.8. The summed E-state index contributed by atoms with van der Waals surface area (Å²) in [6.45, 7) is 1.99. The number of hydrogen-bond donors (Lipinski definition) is 3. The van der Waals surface area contributed by atoms with Crippen molar-refractivity contribution >= 4 is 34.0 Å². The lowest BCUT2D eigenvalue weighted by molar-refractivity contribution is -0.384. The third kappa shape index (κ3) is 4.13. The lowest BCUT2D eigenvalue weighted by atomic mass is 10.1. The fourth-order valence-electron chi connectivity index (χ4n) is 3.26. The molecule has 164 valence electrons. The number of carbonyl (C=O) groups is 2. The smallest absolute Gasteiger partial charge is 0.293 e. The number of carbonyl (C=O) groups excluding carboxylic acids is 2. The molecule has 4 rings (SSSR count). The summed E-state index contributed by atoms with van der Waals surface area (Å²) in [5.74, 6) is -1.45. The molecular weight excluding hydrogens is 416 g/mol. The van der Waals surface area contributed by atoms with Gasteiger partial charge >= 0.3 is 0 Å². The first kappa shape index (κ1) is 21.0. The fraction of sp³-hybridized carbons (Fsp3) is 0.238. The minimum Gasteiger partial charge on any atom is -0.377 e. The number of aryl methyl sites for hydroxylation is 1. The molecule has 3 aromatic rings. The number of hydrazine groups is 1. The van der Waals surface area contributed by atoms with Gasteiger partial charge in [-0.2, -0.15) is 5.10 Å². The van der Waals surface area contributed by atoms with Gasteiger partial charge < -0.3 is 5.32 Å². The van der Waals surface area contributed by atoms with E-state index in [1.54, 1.807) is 31.2 Å². The van der Waals surface area contributed by atoms with Crippen molar-refractivity contribution in [1.82, 2.24) is 20.6 Å². The Balaban J connectivity index is 1.54. The molecule has 32 heavy (non-hydrogen) atoms. The number of fused-ring (bicyclic) bond motifs is 1. The monoisotopic (exact) mass is 436 g/mol. The third-order valence-electron chi connectivity index (χ3n) is 5.07. The number of hydrogen-bond acceptors (Lipinski definition) is 7. The molecule has 1 fully saturated rings. The van der Waals surface area contributed by atoms with Crippen LogP contribution in [0.4, 0.5) is 11.4 Å². The van der Waals surface area contributed by atoms with Crippen LogP contribution in [-0.4, -0.2) is 32.6 Å². The van der Waals surface area contributed by atoms with E-state index in [0.717, 1.165) is 23.6 Å². The molecule has 2 aromatic carbocycles. The van der Waals surface area contributed by atoms with Crippen molar-refractivity contribution in [2.24, 2.45) is 0 Å². The molecular formula is C21H20N6O5. The summed E-state index contributed by atoms with van der Waals surface area (Å²) < 4.78 is 1.16. The average Bonchev–Trinajstić information content (AvgIpc) is 3.62. The number of rotatable bonds is 6. The molecule has 0 bridgehead atoms. The van der Waals surface area contributed by atoms with Gasteiger partial charge in [0.25, 0.3) is 23.1 Å². The van der Waals surface area contributed by atoms with E-state index in [1.807, 2.05) is 0 Å². The van der Waals surface area contributed by atoms with Crippen molar-refractivity contribution < 1.29 is 14.5 Å². The molecule has 0 saturated heterocycles. The van der Waals surface area contributed by atoms with Crippen molar-refractivity contribution in [3.63, 3.8) is 0 Å². The van der Waals surface area contributed by atoms with Gasteiger partial charge in [-0.15, -0.1) is 0 Å². The Bertz CT molecular complexity index is 1300. The van der Waals surface area contributed by atoms with Crippen LogP contribution in [0.3, 0.4) is 0 Å². The molecule has 1 aliphatic rings. The van der Waals surface area contributed by atoms with Crippen molar-refractivity contribution in [3.8, 4) is 0 Å². The van der Waals surface area contributed by atoms with Crippen molar-refractivity contribution in [3.05, 3.63) is 74.2 Å². The molecule has 1 heterocycles. The van der Waals surface area contributed by atoms with Crippen LogP contribution in [0, 0.1) is 10.1 Å².